The molecule has 0 saturated carbocycles. The number of phenolic OH excluding ortho intramolecular Hbond substituents is 1. The lowest BCUT2D eigenvalue weighted by Gasteiger charge is -2.10. The van der Waals surface area contributed by atoms with Crippen LogP contribution in [0.3, 0.4) is 0 Å². The zero-order valence-electron chi connectivity index (χ0n) is 10.3. The number of phenols is 1. The second kappa shape index (κ2) is 3.98. The van der Waals surface area contributed by atoms with Gasteiger partial charge in [-0.3, -0.25) is 0 Å². The van der Waals surface area contributed by atoms with E-state index in [0.29, 0.717) is 5.75 Å². The molecule has 1 aromatic carbocycles. The Balaban J connectivity index is 2.22. The maximum absolute atomic E-state index is 9.82. The molecule has 0 radical (unpaired) electrons. The monoisotopic (exact) mass is 246 g/mol. The molecule has 0 atom stereocenters. The molecule has 1 aliphatic rings. The van der Waals surface area contributed by atoms with E-state index in [1.54, 1.807) is 19.2 Å². The molecular formula is C14H14O4. The first kappa shape index (κ1) is 11.0. The largest absolute Gasteiger partial charge is 0.504 e. The van der Waals surface area contributed by atoms with Crippen molar-refractivity contribution >= 4 is 17.0 Å². The average molecular weight is 246 g/mol. The Morgan fingerprint density at radius 2 is 2.00 bits per heavy atom. The Hall–Kier alpha value is -2.10. The Kier molecular flexibility index (Phi) is 2.44. The molecule has 94 valence electrons. The number of aryl methyl sites for hydroxylation is 1. The van der Waals surface area contributed by atoms with Gasteiger partial charge >= 0.3 is 0 Å². The van der Waals surface area contributed by atoms with Crippen LogP contribution in [0.2, 0.25) is 0 Å². The molecule has 0 aliphatic heterocycles. The third-order valence-corrected chi connectivity index (χ3v) is 3.30. The van der Waals surface area contributed by atoms with Gasteiger partial charge in [0.05, 0.1) is 20.0 Å². The van der Waals surface area contributed by atoms with E-state index in [1.807, 2.05) is 6.08 Å². The minimum atomic E-state index is 0.134. The summed E-state index contributed by atoms with van der Waals surface area (Å²) in [5, 5.41) is 10.8. The zero-order valence-corrected chi connectivity index (χ0v) is 10.3. The van der Waals surface area contributed by atoms with Crippen LogP contribution in [0, 0.1) is 0 Å². The second-order valence-electron chi connectivity index (χ2n) is 4.28. The van der Waals surface area contributed by atoms with E-state index < -0.39 is 0 Å². The lowest BCUT2D eigenvalue weighted by atomic mass is 9.99. The molecule has 1 N–H and O–H groups in total. The van der Waals surface area contributed by atoms with Crippen LogP contribution in [0.15, 0.2) is 22.3 Å². The van der Waals surface area contributed by atoms with Crippen molar-refractivity contribution in [2.24, 2.45) is 0 Å². The van der Waals surface area contributed by atoms with Crippen molar-refractivity contribution in [3.63, 3.8) is 0 Å². The molecule has 0 bridgehead atoms. The molecular weight excluding hydrogens is 232 g/mol. The fraction of sp³-hybridized carbons (Fsp3) is 0.286. The minimum Gasteiger partial charge on any atom is -0.504 e. The summed E-state index contributed by atoms with van der Waals surface area (Å²) < 4.78 is 16.1. The predicted octanol–water partition coefficient (Wildman–Crippen LogP) is 3.08. The summed E-state index contributed by atoms with van der Waals surface area (Å²) in [6, 6.07) is 3.41. The van der Waals surface area contributed by atoms with Gasteiger partial charge in [-0.1, -0.05) is 0 Å². The molecule has 4 heteroatoms. The highest BCUT2D eigenvalue weighted by Gasteiger charge is 2.20. The molecule has 3 rings (SSSR count). The highest BCUT2D eigenvalue weighted by molar-refractivity contribution is 5.88. The van der Waals surface area contributed by atoms with Crippen LogP contribution in [-0.2, 0) is 11.2 Å². The number of ether oxygens (including phenoxy) is 2. The molecule has 1 aliphatic carbocycles. The first-order chi connectivity index (χ1) is 8.72. The Labute approximate surface area is 104 Å². The van der Waals surface area contributed by atoms with E-state index in [1.165, 1.54) is 7.11 Å². The number of fused-ring (bicyclic) bond motifs is 3. The van der Waals surface area contributed by atoms with Gasteiger partial charge in [-0.05, 0) is 12.5 Å². The topological polar surface area (TPSA) is 51.8 Å². The number of allylic oxidation sites excluding steroid dienone is 1. The minimum absolute atomic E-state index is 0.134. The van der Waals surface area contributed by atoms with Crippen LogP contribution in [0.4, 0.5) is 0 Å². The first-order valence-corrected chi connectivity index (χ1v) is 5.80. The van der Waals surface area contributed by atoms with Crippen molar-refractivity contribution in [1.82, 2.24) is 0 Å². The summed E-state index contributed by atoms with van der Waals surface area (Å²) in [6.45, 7) is 0. The summed E-state index contributed by atoms with van der Waals surface area (Å²) in [4.78, 5) is 0. The lowest BCUT2D eigenvalue weighted by molar-refractivity contribution is 0.279. The number of aromatic hydroxyl groups is 1. The third-order valence-electron chi connectivity index (χ3n) is 3.30. The molecule has 0 fully saturated rings. The fourth-order valence-corrected chi connectivity index (χ4v) is 2.35. The molecule has 0 unspecified atom stereocenters. The van der Waals surface area contributed by atoms with Crippen molar-refractivity contribution < 1.29 is 19.0 Å². The second-order valence-corrected chi connectivity index (χ2v) is 4.28. The van der Waals surface area contributed by atoms with Gasteiger partial charge in [0.2, 0.25) is 0 Å². The molecule has 2 aromatic rings. The smallest absolute Gasteiger partial charge is 0.164 e. The molecule has 18 heavy (non-hydrogen) atoms. The number of hydrogen-bond donors (Lipinski definition) is 1. The standard InChI is InChI=1S/C14H14O4/c1-16-8-3-4-9-10-6-11(15)14(17-2)7-13(10)18-12(9)5-8/h5-7,15H,3-4H2,1-2H3. The fourth-order valence-electron chi connectivity index (χ4n) is 2.35. The van der Waals surface area contributed by atoms with Crippen molar-refractivity contribution in [1.29, 1.82) is 0 Å². The Bertz CT molecular complexity index is 637. The van der Waals surface area contributed by atoms with E-state index in [-0.39, 0.29) is 5.75 Å². The summed E-state index contributed by atoms with van der Waals surface area (Å²) in [7, 11) is 3.18. The van der Waals surface area contributed by atoms with Crippen molar-refractivity contribution in [2.75, 3.05) is 14.2 Å². The van der Waals surface area contributed by atoms with Gasteiger partial charge in [-0.2, -0.15) is 0 Å². The van der Waals surface area contributed by atoms with Crippen molar-refractivity contribution in [3.05, 3.63) is 29.2 Å². The van der Waals surface area contributed by atoms with Crippen molar-refractivity contribution in [3.8, 4) is 11.5 Å². The normalized spacial score (nSPS) is 14.2. The number of methoxy groups -OCH3 is 2. The molecule has 0 spiro atoms. The third kappa shape index (κ3) is 1.53. The van der Waals surface area contributed by atoms with Crippen LogP contribution in [0.1, 0.15) is 17.7 Å². The Morgan fingerprint density at radius 1 is 1.17 bits per heavy atom. The van der Waals surface area contributed by atoms with E-state index in [9.17, 15) is 5.11 Å². The molecule has 0 saturated heterocycles. The summed E-state index contributed by atoms with van der Waals surface area (Å²) in [6.07, 6.45) is 3.61. The SMILES string of the molecule is COC1=Cc2oc3cc(OC)c(O)cc3c2CC1. The highest BCUT2D eigenvalue weighted by atomic mass is 16.5. The van der Waals surface area contributed by atoms with Gasteiger partial charge in [0.25, 0.3) is 0 Å². The van der Waals surface area contributed by atoms with Crippen LogP contribution in [-0.4, -0.2) is 19.3 Å². The zero-order chi connectivity index (χ0) is 12.7. The number of benzene rings is 1. The first-order valence-electron chi connectivity index (χ1n) is 5.80. The summed E-state index contributed by atoms with van der Waals surface area (Å²) in [5.74, 6) is 2.28. The van der Waals surface area contributed by atoms with Crippen molar-refractivity contribution in [2.45, 2.75) is 12.8 Å². The van der Waals surface area contributed by atoms with E-state index in [4.69, 9.17) is 13.9 Å². The van der Waals surface area contributed by atoms with Gasteiger partial charge in [0.15, 0.2) is 11.5 Å². The quantitative estimate of drug-likeness (QED) is 0.884. The van der Waals surface area contributed by atoms with Gasteiger partial charge in [0, 0.05) is 29.5 Å². The van der Waals surface area contributed by atoms with Gasteiger partial charge in [-0.25, -0.2) is 0 Å². The number of rotatable bonds is 2. The molecule has 0 amide bonds. The van der Waals surface area contributed by atoms with E-state index in [0.717, 1.165) is 40.9 Å². The van der Waals surface area contributed by atoms with E-state index >= 15 is 0 Å². The summed E-state index contributed by atoms with van der Waals surface area (Å²) >= 11 is 0. The molecule has 4 nitrogen and oxygen atoms in total. The summed E-state index contributed by atoms with van der Waals surface area (Å²) in [5.41, 5.74) is 1.84. The number of hydrogen-bond acceptors (Lipinski definition) is 4. The van der Waals surface area contributed by atoms with Crippen LogP contribution in [0.5, 0.6) is 11.5 Å². The lowest BCUT2D eigenvalue weighted by Crippen LogP contribution is -1.98. The van der Waals surface area contributed by atoms with Gasteiger partial charge in [0.1, 0.15) is 11.3 Å². The maximum atomic E-state index is 9.82. The molecule has 1 heterocycles. The predicted molar refractivity (Wildman–Crippen MR) is 67.7 cm³/mol. The van der Waals surface area contributed by atoms with Crippen LogP contribution in [0.25, 0.3) is 17.0 Å². The number of furan rings is 1. The van der Waals surface area contributed by atoms with Gasteiger partial charge < -0.3 is 19.0 Å². The van der Waals surface area contributed by atoms with Crippen LogP contribution < -0.4 is 4.74 Å². The Morgan fingerprint density at radius 3 is 2.72 bits per heavy atom. The van der Waals surface area contributed by atoms with Gasteiger partial charge in [-0.15, -0.1) is 0 Å². The molecule has 1 aromatic heterocycles. The maximum Gasteiger partial charge on any atom is 0.164 e. The highest BCUT2D eigenvalue weighted by Crippen LogP contribution is 2.38. The average Bonchev–Trinajstić information content (AvgIpc) is 2.74. The van der Waals surface area contributed by atoms with E-state index in [2.05, 4.69) is 0 Å². The van der Waals surface area contributed by atoms with Crippen LogP contribution >= 0.6 is 0 Å².